The number of anilines is 1. The molecule has 136 valence electrons. The number of aryl methyl sites for hydroxylation is 1. The van der Waals surface area contributed by atoms with Crippen LogP contribution in [0.3, 0.4) is 0 Å². The average molecular weight is 362 g/mol. The molecule has 1 heterocycles. The SMILES string of the molecule is Cc1ccc(N2CC[C@@H](NC(=O)c3ccccc3C(F)(F)F)C2=O)cc1. The summed E-state index contributed by atoms with van der Waals surface area (Å²) < 4.78 is 39.2. The summed E-state index contributed by atoms with van der Waals surface area (Å²) in [6, 6.07) is 11.0. The summed E-state index contributed by atoms with van der Waals surface area (Å²) in [4.78, 5) is 26.4. The van der Waals surface area contributed by atoms with E-state index in [4.69, 9.17) is 0 Å². The van der Waals surface area contributed by atoms with Gasteiger partial charge in [0.05, 0.1) is 11.1 Å². The van der Waals surface area contributed by atoms with Gasteiger partial charge in [-0.05, 0) is 37.6 Å². The van der Waals surface area contributed by atoms with E-state index in [0.717, 1.165) is 17.7 Å². The molecule has 1 aliphatic heterocycles. The molecule has 2 aromatic carbocycles. The van der Waals surface area contributed by atoms with Crippen LogP contribution in [0.5, 0.6) is 0 Å². The van der Waals surface area contributed by atoms with Crippen molar-refractivity contribution < 1.29 is 22.8 Å². The fraction of sp³-hybridized carbons (Fsp3) is 0.263. The van der Waals surface area contributed by atoms with E-state index in [1.165, 1.54) is 17.0 Å². The Kier molecular flexibility index (Phi) is 4.71. The molecule has 1 saturated heterocycles. The predicted molar refractivity (Wildman–Crippen MR) is 90.8 cm³/mol. The van der Waals surface area contributed by atoms with Crippen LogP contribution in [0.4, 0.5) is 18.9 Å². The molecule has 0 aromatic heterocycles. The lowest BCUT2D eigenvalue weighted by Gasteiger charge is -2.18. The van der Waals surface area contributed by atoms with Gasteiger partial charge in [-0.25, -0.2) is 0 Å². The maximum Gasteiger partial charge on any atom is 0.417 e. The summed E-state index contributed by atoms with van der Waals surface area (Å²) in [5.74, 6) is -1.23. The van der Waals surface area contributed by atoms with Gasteiger partial charge in [-0.3, -0.25) is 9.59 Å². The number of amides is 2. The molecule has 0 radical (unpaired) electrons. The first kappa shape index (κ1) is 18.0. The Morgan fingerprint density at radius 2 is 1.77 bits per heavy atom. The smallest absolute Gasteiger partial charge is 0.340 e. The molecule has 1 fully saturated rings. The maximum absolute atomic E-state index is 13.1. The van der Waals surface area contributed by atoms with Gasteiger partial charge in [-0.2, -0.15) is 13.2 Å². The van der Waals surface area contributed by atoms with Gasteiger partial charge in [-0.15, -0.1) is 0 Å². The number of benzene rings is 2. The minimum atomic E-state index is -4.64. The highest BCUT2D eigenvalue weighted by atomic mass is 19.4. The zero-order valence-corrected chi connectivity index (χ0v) is 14.0. The molecule has 0 spiro atoms. The molecule has 0 bridgehead atoms. The monoisotopic (exact) mass is 362 g/mol. The standard InChI is InChI=1S/C19H17F3N2O2/c1-12-6-8-13(9-7-12)24-11-10-16(18(24)26)23-17(25)14-4-2-3-5-15(14)19(20,21)22/h2-9,16H,10-11H2,1H3,(H,23,25)/t16-/m1/s1. The van der Waals surface area contributed by atoms with Crippen molar-refractivity contribution in [2.45, 2.75) is 25.6 Å². The second-order valence-corrected chi connectivity index (χ2v) is 6.18. The summed E-state index contributed by atoms with van der Waals surface area (Å²) in [5, 5.41) is 2.44. The van der Waals surface area contributed by atoms with E-state index in [1.54, 1.807) is 12.1 Å². The van der Waals surface area contributed by atoms with Gasteiger partial charge in [0.15, 0.2) is 0 Å². The van der Waals surface area contributed by atoms with Crippen molar-refractivity contribution in [3.63, 3.8) is 0 Å². The minimum absolute atomic E-state index is 0.327. The van der Waals surface area contributed by atoms with Crippen molar-refractivity contribution in [1.29, 1.82) is 0 Å². The van der Waals surface area contributed by atoms with Crippen LogP contribution in [-0.2, 0) is 11.0 Å². The molecule has 0 unspecified atom stereocenters. The Morgan fingerprint density at radius 1 is 1.12 bits per heavy atom. The van der Waals surface area contributed by atoms with E-state index < -0.39 is 29.3 Å². The highest BCUT2D eigenvalue weighted by Crippen LogP contribution is 2.32. The minimum Gasteiger partial charge on any atom is -0.340 e. The summed E-state index contributed by atoms with van der Waals surface area (Å²) in [6.45, 7) is 2.32. The number of nitrogens with zero attached hydrogens (tertiary/aromatic N) is 1. The third-order valence-corrected chi connectivity index (χ3v) is 4.33. The molecule has 1 atom stereocenters. The Labute approximate surface area is 148 Å². The first-order valence-corrected chi connectivity index (χ1v) is 8.12. The van der Waals surface area contributed by atoms with Gasteiger partial charge in [0.25, 0.3) is 5.91 Å². The lowest BCUT2D eigenvalue weighted by Crippen LogP contribution is -2.42. The molecule has 4 nitrogen and oxygen atoms in total. The van der Waals surface area contributed by atoms with Crippen LogP contribution in [0.2, 0.25) is 0 Å². The highest BCUT2D eigenvalue weighted by Gasteiger charge is 2.37. The van der Waals surface area contributed by atoms with Gasteiger partial charge in [0.2, 0.25) is 5.91 Å². The van der Waals surface area contributed by atoms with Crippen LogP contribution in [-0.4, -0.2) is 24.4 Å². The van der Waals surface area contributed by atoms with Crippen LogP contribution < -0.4 is 10.2 Å². The van der Waals surface area contributed by atoms with E-state index in [2.05, 4.69) is 5.32 Å². The summed E-state index contributed by atoms with van der Waals surface area (Å²) in [7, 11) is 0. The molecular weight excluding hydrogens is 345 g/mol. The first-order chi connectivity index (χ1) is 12.3. The van der Waals surface area contributed by atoms with Gasteiger partial charge >= 0.3 is 6.18 Å². The number of hydrogen-bond acceptors (Lipinski definition) is 2. The summed E-state index contributed by atoms with van der Waals surface area (Å²) in [5.41, 5.74) is 0.252. The molecule has 2 aromatic rings. The highest BCUT2D eigenvalue weighted by molar-refractivity contribution is 6.04. The molecule has 3 rings (SSSR count). The Hall–Kier alpha value is -2.83. The Bertz CT molecular complexity index is 831. The number of carbonyl (C=O) groups is 2. The number of nitrogens with one attached hydrogen (secondary N) is 1. The Balaban J connectivity index is 1.75. The normalized spacial score (nSPS) is 17.5. The lowest BCUT2D eigenvalue weighted by molar-refractivity contribution is -0.137. The number of halogens is 3. The van der Waals surface area contributed by atoms with Crippen molar-refractivity contribution >= 4 is 17.5 Å². The van der Waals surface area contributed by atoms with E-state index >= 15 is 0 Å². The van der Waals surface area contributed by atoms with E-state index in [9.17, 15) is 22.8 Å². The summed E-state index contributed by atoms with van der Waals surface area (Å²) >= 11 is 0. The molecule has 0 aliphatic carbocycles. The number of alkyl halides is 3. The fourth-order valence-electron chi connectivity index (χ4n) is 2.96. The quantitative estimate of drug-likeness (QED) is 0.908. The number of carbonyl (C=O) groups excluding carboxylic acids is 2. The van der Waals surface area contributed by atoms with Crippen molar-refractivity contribution in [3.05, 3.63) is 65.2 Å². The van der Waals surface area contributed by atoms with E-state index in [1.807, 2.05) is 19.1 Å². The first-order valence-electron chi connectivity index (χ1n) is 8.12. The molecular formula is C19H17F3N2O2. The van der Waals surface area contributed by atoms with Crippen molar-refractivity contribution in [3.8, 4) is 0 Å². The maximum atomic E-state index is 13.1. The zero-order chi connectivity index (χ0) is 18.9. The van der Waals surface area contributed by atoms with Gasteiger partial charge in [0.1, 0.15) is 6.04 Å². The molecule has 1 N–H and O–H groups in total. The van der Waals surface area contributed by atoms with Crippen molar-refractivity contribution in [2.75, 3.05) is 11.4 Å². The van der Waals surface area contributed by atoms with Crippen LogP contribution >= 0.6 is 0 Å². The van der Waals surface area contributed by atoms with Gasteiger partial charge in [-0.1, -0.05) is 29.8 Å². The fourth-order valence-corrected chi connectivity index (χ4v) is 2.96. The zero-order valence-electron chi connectivity index (χ0n) is 14.0. The number of rotatable bonds is 3. The topological polar surface area (TPSA) is 49.4 Å². The van der Waals surface area contributed by atoms with E-state index in [0.29, 0.717) is 18.7 Å². The molecule has 7 heteroatoms. The second-order valence-electron chi connectivity index (χ2n) is 6.18. The predicted octanol–water partition coefficient (Wildman–Crippen LogP) is 3.55. The van der Waals surface area contributed by atoms with Crippen LogP contribution in [0.25, 0.3) is 0 Å². The average Bonchev–Trinajstić information content (AvgIpc) is 2.95. The lowest BCUT2D eigenvalue weighted by atomic mass is 10.1. The Morgan fingerprint density at radius 3 is 2.42 bits per heavy atom. The molecule has 0 saturated carbocycles. The molecule has 1 aliphatic rings. The number of hydrogen-bond donors (Lipinski definition) is 1. The molecule has 2 amide bonds. The van der Waals surface area contributed by atoms with Crippen molar-refractivity contribution in [2.24, 2.45) is 0 Å². The van der Waals surface area contributed by atoms with Crippen LogP contribution in [0.15, 0.2) is 48.5 Å². The van der Waals surface area contributed by atoms with E-state index in [-0.39, 0.29) is 5.91 Å². The summed E-state index contributed by atoms with van der Waals surface area (Å²) in [6.07, 6.45) is -4.30. The van der Waals surface area contributed by atoms with Crippen LogP contribution in [0, 0.1) is 6.92 Å². The van der Waals surface area contributed by atoms with Crippen LogP contribution in [0.1, 0.15) is 27.9 Å². The second kappa shape index (κ2) is 6.82. The van der Waals surface area contributed by atoms with Gasteiger partial charge in [0, 0.05) is 12.2 Å². The van der Waals surface area contributed by atoms with Gasteiger partial charge < -0.3 is 10.2 Å². The largest absolute Gasteiger partial charge is 0.417 e. The van der Waals surface area contributed by atoms with Crippen molar-refractivity contribution in [1.82, 2.24) is 5.32 Å². The molecule has 26 heavy (non-hydrogen) atoms. The third-order valence-electron chi connectivity index (χ3n) is 4.33. The third kappa shape index (κ3) is 3.56.